The van der Waals surface area contributed by atoms with Crippen LogP contribution in [0.15, 0.2) is 34.8 Å². The Labute approximate surface area is 137 Å². The summed E-state index contributed by atoms with van der Waals surface area (Å²) < 4.78 is 0.904. The molecule has 5 N–H and O–H groups in total. The topological polar surface area (TPSA) is 101 Å². The minimum atomic E-state index is -0.938. The summed E-state index contributed by atoms with van der Waals surface area (Å²) in [7, 11) is 0. The van der Waals surface area contributed by atoms with Crippen LogP contribution in [0.4, 0.5) is 17.6 Å². The first kappa shape index (κ1) is 15.1. The van der Waals surface area contributed by atoms with E-state index in [9.17, 15) is 5.11 Å². The highest BCUT2D eigenvalue weighted by atomic mass is 79.9. The molecule has 1 fully saturated rings. The summed E-state index contributed by atoms with van der Waals surface area (Å²) in [6.45, 7) is 1.23. The van der Waals surface area contributed by atoms with E-state index < -0.39 is 5.60 Å². The number of halogens is 1. The first-order chi connectivity index (χ1) is 10.5. The maximum absolute atomic E-state index is 11.1. The first-order valence-electron chi connectivity index (χ1n) is 7.10. The Hall–Kier alpha value is -1.86. The summed E-state index contributed by atoms with van der Waals surface area (Å²) in [6.07, 6.45) is 1.55. The predicted octanol–water partition coefficient (Wildman–Crippen LogP) is 1.89. The number of β-amino-alcohol motifs (C(OH)–C–C–N with tert-alkyl or cyclic N) is 1. The minimum absolute atomic E-state index is 0.144. The Morgan fingerprint density at radius 2 is 2.00 bits per heavy atom. The van der Waals surface area contributed by atoms with Crippen molar-refractivity contribution in [3.05, 3.63) is 40.4 Å². The maximum Gasteiger partial charge on any atom is 0.223 e. The molecule has 0 spiro atoms. The van der Waals surface area contributed by atoms with E-state index in [4.69, 9.17) is 11.5 Å². The van der Waals surface area contributed by atoms with Crippen LogP contribution in [0.2, 0.25) is 0 Å². The van der Waals surface area contributed by atoms with Crippen molar-refractivity contribution >= 4 is 33.5 Å². The van der Waals surface area contributed by atoms with Crippen molar-refractivity contribution in [1.82, 2.24) is 9.97 Å². The van der Waals surface area contributed by atoms with Crippen molar-refractivity contribution < 1.29 is 5.11 Å². The second kappa shape index (κ2) is 5.73. The lowest BCUT2D eigenvalue weighted by Crippen LogP contribution is -2.46. The van der Waals surface area contributed by atoms with Crippen molar-refractivity contribution in [1.29, 1.82) is 0 Å². The average Bonchev–Trinajstić information content (AvgIpc) is 2.46. The average molecular weight is 364 g/mol. The highest BCUT2D eigenvalue weighted by Gasteiger charge is 2.36. The van der Waals surface area contributed by atoms with Gasteiger partial charge in [0.15, 0.2) is 0 Å². The molecular weight excluding hydrogens is 346 g/mol. The molecule has 2 heterocycles. The first-order valence-corrected chi connectivity index (χ1v) is 7.90. The van der Waals surface area contributed by atoms with Gasteiger partial charge in [-0.2, -0.15) is 9.97 Å². The third-order valence-electron chi connectivity index (χ3n) is 3.92. The Morgan fingerprint density at radius 3 is 2.73 bits per heavy atom. The molecule has 0 amide bonds. The Kier molecular flexibility index (Phi) is 3.92. The van der Waals surface area contributed by atoms with Crippen LogP contribution in [-0.4, -0.2) is 28.2 Å². The molecule has 0 bridgehead atoms. The lowest BCUT2D eigenvalue weighted by Gasteiger charge is -2.40. The van der Waals surface area contributed by atoms with Crippen LogP contribution in [0, 0.1) is 0 Å². The Morgan fingerprint density at radius 1 is 1.23 bits per heavy atom. The molecule has 6 nitrogen and oxygen atoms in total. The molecule has 22 heavy (non-hydrogen) atoms. The molecule has 7 heteroatoms. The van der Waals surface area contributed by atoms with Crippen molar-refractivity contribution in [3.8, 4) is 0 Å². The van der Waals surface area contributed by atoms with Crippen LogP contribution in [0.25, 0.3) is 0 Å². The molecular formula is C15H18BrN5O. The number of nitrogens with zero attached hydrogens (tertiary/aromatic N) is 3. The Balaban J connectivity index is 1.92. The lowest BCUT2D eigenvalue weighted by molar-refractivity contribution is 0.0210. The molecule has 1 aliphatic heterocycles. The molecule has 116 valence electrons. The fourth-order valence-electron chi connectivity index (χ4n) is 2.92. The zero-order valence-electron chi connectivity index (χ0n) is 12.0. The van der Waals surface area contributed by atoms with Gasteiger partial charge in [-0.25, -0.2) is 0 Å². The van der Waals surface area contributed by atoms with Gasteiger partial charge in [0, 0.05) is 17.1 Å². The zero-order chi connectivity index (χ0) is 15.7. The van der Waals surface area contributed by atoms with Crippen LogP contribution in [-0.2, 0) is 5.60 Å². The summed E-state index contributed by atoms with van der Waals surface area (Å²) in [5.74, 6) is 1.12. The number of piperidine rings is 1. The van der Waals surface area contributed by atoms with Gasteiger partial charge in [-0.1, -0.05) is 34.1 Å². The monoisotopic (exact) mass is 363 g/mol. The molecule has 1 aromatic heterocycles. The van der Waals surface area contributed by atoms with Gasteiger partial charge in [0.25, 0.3) is 0 Å². The molecule has 1 aromatic carbocycles. The molecule has 2 aromatic rings. The SMILES string of the molecule is Nc1cc(N2CCCC(O)(c3ccccc3Br)C2)nc(N)n1. The summed E-state index contributed by atoms with van der Waals surface area (Å²) in [4.78, 5) is 10.1. The third-order valence-corrected chi connectivity index (χ3v) is 4.61. The fourth-order valence-corrected chi connectivity index (χ4v) is 3.58. The van der Waals surface area contributed by atoms with Gasteiger partial charge < -0.3 is 21.5 Å². The van der Waals surface area contributed by atoms with Gasteiger partial charge in [0.05, 0.1) is 6.54 Å². The Bertz CT molecular complexity index is 675. The number of aliphatic hydroxyl groups is 1. The number of nitrogens with two attached hydrogens (primary N) is 2. The van der Waals surface area contributed by atoms with E-state index >= 15 is 0 Å². The zero-order valence-corrected chi connectivity index (χ0v) is 13.6. The van der Waals surface area contributed by atoms with Crippen LogP contribution >= 0.6 is 15.9 Å². The summed E-state index contributed by atoms with van der Waals surface area (Å²) in [5.41, 5.74) is 11.4. The third kappa shape index (κ3) is 2.86. The van der Waals surface area contributed by atoms with Crippen molar-refractivity contribution in [2.24, 2.45) is 0 Å². The van der Waals surface area contributed by atoms with Gasteiger partial charge in [-0.05, 0) is 24.5 Å². The van der Waals surface area contributed by atoms with Gasteiger partial charge in [-0.15, -0.1) is 0 Å². The van der Waals surface area contributed by atoms with Crippen molar-refractivity contribution in [3.63, 3.8) is 0 Å². The van der Waals surface area contributed by atoms with E-state index in [2.05, 4.69) is 25.9 Å². The second-order valence-electron chi connectivity index (χ2n) is 5.55. The van der Waals surface area contributed by atoms with Crippen molar-refractivity contribution in [2.75, 3.05) is 29.5 Å². The smallest absolute Gasteiger partial charge is 0.223 e. The number of hydrogen-bond acceptors (Lipinski definition) is 6. The molecule has 0 saturated carbocycles. The fraction of sp³-hybridized carbons (Fsp3) is 0.333. The highest BCUT2D eigenvalue weighted by Crippen LogP contribution is 2.37. The number of hydrogen-bond donors (Lipinski definition) is 3. The van der Waals surface area contributed by atoms with E-state index in [1.54, 1.807) is 6.07 Å². The van der Waals surface area contributed by atoms with E-state index in [1.165, 1.54) is 0 Å². The predicted molar refractivity (Wildman–Crippen MR) is 90.3 cm³/mol. The van der Waals surface area contributed by atoms with Crippen LogP contribution < -0.4 is 16.4 Å². The number of rotatable bonds is 2. The van der Waals surface area contributed by atoms with Crippen LogP contribution in [0.1, 0.15) is 18.4 Å². The van der Waals surface area contributed by atoms with Crippen LogP contribution in [0.5, 0.6) is 0 Å². The van der Waals surface area contributed by atoms with Crippen LogP contribution in [0.3, 0.4) is 0 Å². The largest absolute Gasteiger partial charge is 0.383 e. The van der Waals surface area contributed by atoms with E-state index in [0.29, 0.717) is 24.6 Å². The second-order valence-corrected chi connectivity index (χ2v) is 6.40. The molecule has 1 saturated heterocycles. The maximum atomic E-state index is 11.1. The summed E-state index contributed by atoms with van der Waals surface area (Å²) in [5, 5.41) is 11.1. The quantitative estimate of drug-likeness (QED) is 0.752. The minimum Gasteiger partial charge on any atom is -0.383 e. The normalized spacial score (nSPS) is 21.8. The number of anilines is 3. The number of aromatic nitrogens is 2. The molecule has 0 radical (unpaired) electrons. The van der Waals surface area contributed by atoms with E-state index in [-0.39, 0.29) is 5.95 Å². The lowest BCUT2D eigenvalue weighted by atomic mass is 9.86. The molecule has 1 atom stereocenters. The summed E-state index contributed by atoms with van der Waals surface area (Å²) >= 11 is 3.52. The molecule has 0 aliphatic carbocycles. The highest BCUT2D eigenvalue weighted by molar-refractivity contribution is 9.10. The van der Waals surface area contributed by atoms with Gasteiger partial charge in [0.2, 0.25) is 5.95 Å². The molecule has 1 unspecified atom stereocenters. The van der Waals surface area contributed by atoms with Gasteiger partial charge in [-0.3, -0.25) is 0 Å². The van der Waals surface area contributed by atoms with Gasteiger partial charge in [0.1, 0.15) is 17.2 Å². The van der Waals surface area contributed by atoms with E-state index in [1.807, 2.05) is 29.2 Å². The van der Waals surface area contributed by atoms with Crippen molar-refractivity contribution in [2.45, 2.75) is 18.4 Å². The van der Waals surface area contributed by atoms with Gasteiger partial charge >= 0.3 is 0 Å². The number of nitrogen functional groups attached to an aromatic ring is 2. The molecule has 1 aliphatic rings. The molecule has 3 rings (SSSR count). The summed E-state index contributed by atoms with van der Waals surface area (Å²) in [6, 6.07) is 9.42. The number of benzene rings is 1. The standard InChI is InChI=1S/C15H18BrN5O/c16-11-5-2-1-4-10(11)15(22)6-3-7-21(9-15)13-8-12(17)19-14(18)20-13/h1-2,4-5,8,22H,3,6-7,9H2,(H4,17,18,19,20). The van der Waals surface area contributed by atoms with E-state index in [0.717, 1.165) is 23.0 Å².